The number of sulfonamides is 1. The highest BCUT2D eigenvalue weighted by atomic mass is 32.2. The van der Waals surface area contributed by atoms with Crippen LogP contribution in [0.1, 0.15) is 38.8 Å². The smallest absolute Gasteiger partial charge is 0.305 e. The first kappa shape index (κ1) is 28.0. The van der Waals surface area contributed by atoms with Gasteiger partial charge in [0, 0.05) is 36.6 Å². The van der Waals surface area contributed by atoms with E-state index in [-0.39, 0.29) is 12.1 Å². The Labute approximate surface area is 202 Å². The molecule has 0 aliphatic carbocycles. The number of benzene rings is 2. The number of methoxy groups -OCH3 is 1. The van der Waals surface area contributed by atoms with Crippen molar-refractivity contribution in [1.29, 1.82) is 0 Å². The first-order valence-electron chi connectivity index (χ1n) is 10.3. The van der Waals surface area contributed by atoms with E-state index in [9.17, 15) is 23.1 Å². The molecule has 2 atom stereocenters. The summed E-state index contributed by atoms with van der Waals surface area (Å²) in [6.07, 6.45) is 0. The van der Waals surface area contributed by atoms with Crippen molar-refractivity contribution in [3.8, 4) is 5.75 Å². The van der Waals surface area contributed by atoms with Gasteiger partial charge in [-0.05, 0) is 45.4 Å². The van der Waals surface area contributed by atoms with Crippen molar-refractivity contribution in [1.82, 2.24) is 9.03 Å². The molecular weight excluding hydrogens is 485 g/mol. The van der Waals surface area contributed by atoms with Crippen LogP contribution in [0, 0.1) is 15.9 Å². The monoisotopic (exact) mass is 515 g/mol. The molecule has 0 bridgehead atoms. The highest BCUT2D eigenvalue weighted by molar-refractivity contribution is 7.91. The molecule has 0 heterocycles. The van der Waals surface area contributed by atoms with Crippen LogP contribution in [0.3, 0.4) is 0 Å². The second kappa shape index (κ2) is 10.6. The first-order chi connectivity index (χ1) is 15.6. The lowest BCUT2D eigenvalue weighted by molar-refractivity contribution is -0.387. The van der Waals surface area contributed by atoms with Gasteiger partial charge in [0.1, 0.15) is 16.0 Å². The van der Waals surface area contributed by atoms with Crippen LogP contribution in [0.4, 0.5) is 10.1 Å². The first-order valence-corrected chi connectivity index (χ1v) is 13.1. The standard InChI is InChI=1S/C22H30FN3O6S2/c1-21(2,3)33(29)24-22(4,18-8-7-9-19(20(18)23)26(27)28)15-34(30,31)25(5)14-16-10-12-17(32-6)13-11-16/h7-13,24H,14-15H2,1-6H3. The predicted octanol–water partition coefficient (Wildman–Crippen LogP) is 3.47. The second-order valence-electron chi connectivity index (χ2n) is 9.07. The third-order valence-electron chi connectivity index (χ3n) is 5.15. The topological polar surface area (TPSA) is 125 Å². The van der Waals surface area contributed by atoms with Crippen molar-refractivity contribution in [3.05, 3.63) is 69.5 Å². The summed E-state index contributed by atoms with van der Waals surface area (Å²) in [5.41, 5.74) is -2.10. The third-order valence-corrected chi connectivity index (χ3v) is 8.92. The van der Waals surface area contributed by atoms with Crippen LogP contribution < -0.4 is 9.46 Å². The molecule has 2 aromatic rings. The molecule has 9 nitrogen and oxygen atoms in total. The van der Waals surface area contributed by atoms with Gasteiger partial charge in [0.2, 0.25) is 15.8 Å². The van der Waals surface area contributed by atoms with Crippen LogP contribution in [0.15, 0.2) is 42.5 Å². The Kier molecular flexibility index (Phi) is 8.70. The largest absolute Gasteiger partial charge is 0.598 e. The second-order valence-corrected chi connectivity index (χ2v) is 13.1. The molecular formula is C22H30FN3O6S2. The zero-order chi connectivity index (χ0) is 25.9. The van der Waals surface area contributed by atoms with Gasteiger partial charge in [-0.25, -0.2) is 12.7 Å². The molecule has 0 aliphatic heterocycles. The van der Waals surface area contributed by atoms with Crippen LogP contribution in [0.5, 0.6) is 5.75 Å². The van der Waals surface area contributed by atoms with Crippen molar-refractivity contribution in [2.45, 2.75) is 44.5 Å². The molecule has 0 radical (unpaired) electrons. The van der Waals surface area contributed by atoms with Gasteiger partial charge < -0.3 is 9.29 Å². The van der Waals surface area contributed by atoms with Gasteiger partial charge in [0.15, 0.2) is 0 Å². The Balaban J connectivity index is 2.46. The van der Waals surface area contributed by atoms with Crippen molar-refractivity contribution in [2.24, 2.45) is 0 Å². The van der Waals surface area contributed by atoms with Gasteiger partial charge in [-0.3, -0.25) is 10.1 Å². The van der Waals surface area contributed by atoms with Gasteiger partial charge in [0.05, 0.1) is 17.8 Å². The quantitative estimate of drug-likeness (QED) is 0.292. The minimum atomic E-state index is -4.05. The van der Waals surface area contributed by atoms with Gasteiger partial charge in [0.25, 0.3) is 0 Å². The maximum absolute atomic E-state index is 15.2. The maximum atomic E-state index is 15.2. The molecule has 0 aliphatic rings. The average Bonchev–Trinajstić information content (AvgIpc) is 2.72. The summed E-state index contributed by atoms with van der Waals surface area (Å²) in [4.78, 5) is 10.4. The van der Waals surface area contributed by atoms with Crippen molar-refractivity contribution in [3.63, 3.8) is 0 Å². The van der Waals surface area contributed by atoms with Gasteiger partial charge in [-0.1, -0.05) is 24.3 Å². The minimum Gasteiger partial charge on any atom is -0.598 e. The van der Waals surface area contributed by atoms with Crippen LogP contribution in [0.2, 0.25) is 0 Å². The highest BCUT2D eigenvalue weighted by Gasteiger charge is 2.44. The number of nitro benzene ring substituents is 1. The lowest BCUT2D eigenvalue weighted by Crippen LogP contribution is -2.54. The Morgan fingerprint density at radius 1 is 1.15 bits per heavy atom. The molecule has 188 valence electrons. The molecule has 0 fully saturated rings. The van der Waals surface area contributed by atoms with E-state index < -0.39 is 53.9 Å². The van der Waals surface area contributed by atoms with E-state index in [0.717, 1.165) is 10.4 Å². The molecule has 0 aromatic heterocycles. The van der Waals surface area contributed by atoms with Crippen molar-refractivity contribution in [2.75, 3.05) is 19.9 Å². The fourth-order valence-corrected chi connectivity index (χ4v) is 5.68. The molecule has 2 unspecified atom stereocenters. The summed E-state index contributed by atoms with van der Waals surface area (Å²) >= 11 is -1.81. The Bertz CT molecular complexity index is 1120. The molecule has 34 heavy (non-hydrogen) atoms. The van der Waals surface area contributed by atoms with E-state index in [2.05, 4.69) is 4.72 Å². The van der Waals surface area contributed by atoms with Crippen LogP contribution in [-0.2, 0) is 33.5 Å². The Morgan fingerprint density at radius 2 is 1.74 bits per heavy atom. The zero-order valence-electron chi connectivity index (χ0n) is 20.0. The maximum Gasteiger partial charge on any atom is 0.305 e. The average molecular weight is 516 g/mol. The fourth-order valence-electron chi connectivity index (χ4n) is 3.17. The number of hydrogen-bond acceptors (Lipinski definition) is 7. The van der Waals surface area contributed by atoms with E-state index in [1.807, 2.05) is 0 Å². The summed E-state index contributed by atoms with van der Waals surface area (Å²) in [6.45, 7) is 6.42. The summed E-state index contributed by atoms with van der Waals surface area (Å²) in [7, 11) is -1.15. The van der Waals surface area contributed by atoms with Crippen LogP contribution >= 0.6 is 0 Å². The number of nitro groups is 1. The molecule has 0 saturated carbocycles. The number of nitrogens with one attached hydrogen (secondary N) is 1. The molecule has 2 rings (SSSR count). The number of rotatable bonds is 10. The minimum absolute atomic E-state index is 0.0299. The highest BCUT2D eigenvalue weighted by Crippen LogP contribution is 2.33. The Hall–Kier alpha value is -2.25. The summed E-state index contributed by atoms with van der Waals surface area (Å²) in [5.74, 6) is -1.25. The van der Waals surface area contributed by atoms with E-state index in [0.29, 0.717) is 11.3 Å². The van der Waals surface area contributed by atoms with E-state index >= 15 is 4.39 Å². The van der Waals surface area contributed by atoms with Crippen LogP contribution in [-0.4, -0.2) is 46.9 Å². The molecule has 12 heteroatoms. The normalized spacial score (nSPS) is 15.1. The molecule has 2 aromatic carbocycles. The molecule has 0 amide bonds. The SMILES string of the molecule is COc1ccc(CN(C)S(=O)(=O)CC(C)(N[S+]([O-])C(C)(C)C)c2cccc([N+](=O)[O-])c2F)cc1. The summed E-state index contributed by atoms with van der Waals surface area (Å²) < 4.78 is 62.8. The van der Waals surface area contributed by atoms with E-state index in [4.69, 9.17) is 4.74 Å². The fraction of sp³-hybridized carbons (Fsp3) is 0.455. The number of halogens is 1. The predicted molar refractivity (Wildman–Crippen MR) is 130 cm³/mol. The number of nitrogens with zero attached hydrogens (tertiary/aromatic N) is 2. The molecule has 1 N–H and O–H groups in total. The lowest BCUT2D eigenvalue weighted by Gasteiger charge is -2.36. The van der Waals surface area contributed by atoms with Gasteiger partial charge in [-0.15, -0.1) is 4.72 Å². The summed E-state index contributed by atoms with van der Waals surface area (Å²) in [5, 5.41) is 11.3. The summed E-state index contributed by atoms with van der Waals surface area (Å²) in [6, 6.07) is 10.4. The number of ether oxygens (including phenoxy) is 1. The van der Waals surface area contributed by atoms with Crippen molar-refractivity contribution < 1.29 is 27.0 Å². The van der Waals surface area contributed by atoms with Gasteiger partial charge in [-0.2, -0.15) is 4.39 Å². The Morgan fingerprint density at radius 3 is 2.24 bits per heavy atom. The lowest BCUT2D eigenvalue weighted by atomic mass is 9.94. The van der Waals surface area contributed by atoms with Crippen LogP contribution in [0.25, 0.3) is 0 Å². The zero-order valence-corrected chi connectivity index (χ0v) is 21.6. The number of hydrogen-bond donors (Lipinski definition) is 1. The van der Waals surface area contributed by atoms with Crippen molar-refractivity contribution >= 4 is 27.1 Å². The van der Waals surface area contributed by atoms with E-state index in [1.54, 1.807) is 45.0 Å². The van der Waals surface area contributed by atoms with E-state index in [1.165, 1.54) is 33.2 Å². The van der Waals surface area contributed by atoms with Gasteiger partial charge >= 0.3 is 5.69 Å². The molecule has 0 spiro atoms. The molecule has 0 saturated heterocycles. The third kappa shape index (κ3) is 6.66.